The van der Waals surface area contributed by atoms with E-state index in [0.29, 0.717) is 5.69 Å². The van der Waals surface area contributed by atoms with E-state index < -0.39 is 12.1 Å². The lowest BCUT2D eigenvalue weighted by atomic mass is 9.95. The molecule has 5 heteroatoms. The lowest BCUT2D eigenvalue weighted by molar-refractivity contribution is -0.155. The lowest BCUT2D eigenvalue weighted by Gasteiger charge is -2.25. The Bertz CT molecular complexity index is 455. The minimum atomic E-state index is -0.962. The number of pyridine rings is 1. The van der Waals surface area contributed by atoms with Crippen molar-refractivity contribution in [2.75, 3.05) is 0 Å². The van der Waals surface area contributed by atoms with Gasteiger partial charge in [0.05, 0.1) is 5.69 Å². The Labute approximate surface area is 118 Å². The number of amides is 1. The normalized spacial score (nSPS) is 17.2. The molecule has 5 nitrogen and oxygen atoms in total. The van der Waals surface area contributed by atoms with Crippen molar-refractivity contribution in [3.63, 3.8) is 0 Å². The first-order chi connectivity index (χ1) is 9.66. The Kier molecular flexibility index (Phi) is 5.09. The summed E-state index contributed by atoms with van der Waals surface area (Å²) in [7, 11) is 0. The second kappa shape index (κ2) is 7.03. The van der Waals surface area contributed by atoms with Crippen molar-refractivity contribution in [2.45, 2.75) is 51.2 Å². The number of carbonyl (C=O) groups is 2. The molecule has 0 radical (unpaired) electrons. The molecule has 0 saturated heterocycles. The quantitative estimate of drug-likeness (QED) is 0.855. The van der Waals surface area contributed by atoms with Crippen molar-refractivity contribution in [2.24, 2.45) is 0 Å². The highest BCUT2D eigenvalue weighted by atomic mass is 16.5. The van der Waals surface area contributed by atoms with Crippen LogP contribution >= 0.6 is 0 Å². The van der Waals surface area contributed by atoms with Crippen LogP contribution in [-0.4, -0.2) is 22.9 Å². The molecular weight excluding hydrogens is 256 g/mol. The minimum absolute atomic E-state index is 0.179. The fraction of sp³-hybridized carbons (Fsp3) is 0.533. The van der Waals surface area contributed by atoms with Gasteiger partial charge in [-0.15, -0.1) is 0 Å². The van der Waals surface area contributed by atoms with Gasteiger partial charge >= 0.3 is 5.97 Å². The number of nitrogens with one attached hydrogen (secondary N) is 1. The van der Waals surface area contributed by atoms with E-state index in [1.54, 1.807) is 24.4 Å². The highest BCUT2D eigenvalue weighted by Gasteiger charge is 2.27. The Morgan fingerprint density at radius 3 is 2.65 bits per heavy atom. The number of rotatable bonds is 4. The molecule has 1 unspecified atom stereocenters. The number of carbonyl (C=O) groups excluding carboxylic acids is 2. The van der Waals surface area contributed by atoms with Gasteiger partial charge in [0.25, 0.3) is 5.91 Å². The van der Waals surface area contributed by atoms with E-state index in [2.05, 4.69) is 10.3 Å². The summed E-state index contributed by atoms with van der Waals surface area (Å²) in [6.45, 7) is 1.30. The molecule has 108 valence electrons. The third-order valence-electron chi connectivity index (χ3n) is 3.43. The molecule has 1 aliphatic carbocycles. The molecule has 1 atom stereocenters. The molecule has 0 aromatic carbocycles. The summed E-state index contributed by atoms with van der Waals surface area (Å²) in [6, 6.07) is 5.40. The smallest absolute Gasteiger partial charge is 0.303 e. The van der Waals surface area contributed by atoms with Crippen LogP contribution < -0.4 is 5.32 Å². The zero-order chi connectivity index (χ0) is 14.4. The van der Waals surface area contributed by atoms with Crippen molar-refractivity contribution >= 4 is 11.9 Å². The number of aromatic nitrogens is 1. The molecular formula is C15H20N2O3. The Hall–Kier alpha value is -1.91. The van der Waals surface area contributed by atoms with Gasteiger partial charge in [-0.3, -0.25) is 14.6 Å². The molecule has 1 aliphatic rings. The first-order valence-corrected chi connectivity index (χ1v) is 7.05. The maximum atomic E-state index is 12.3. The molecule has 1 heterocycles. The van der Waals surface area contributed by atoms with Crippen LogP contribution in [0.5, 0.6) is 0 Å². The van der Waals surface area contributed by atoms with E-state index >= 15 is 0 Å². The Balaban J connectivity index is 2.05. The van der Waals surface area contributed by atoms with Crippen LogP contribution in [-0.2, 0) is 14.3 Å². The van der Waals surface area contributed by atoms with Gasteiger partial charge in [-0.25, -0.2) is 0 Å². The van der Waals surface area contributed by atoms with E-state index in [0.717, 1.165) is 25.7 Å². The van der Waals surface area contributed by atoms with Gasteiger partial charge in [0.15, 0.2) is 0 Å². The average molecular weight is 276 g/mol. The zero-order valence-corrected chi connectivity index (χ0v) is 11.7. The summed E-state index contributed by atoms with van der Waals surface area (Å²) in [4.78, 5) is 27.6. The monoisotopic (exact) mass is 276 g/mol. The minimum Gasteiger partial charge on any atom is -0.446 e. The van der Waals surface area contributed by atoms with Gasteiger partial charge in [-0.1, -0.05) is 25.3 Å². The van der Waals surface area contributed by atoms with Crippen molar-refractivity contribution in [1.29, 1.82) is 0 Å². The SMILES string of the molecule is CC(=O)OC(C(=O)NC1CCCCC1)c1ccccn1. The van der Waals surface area contributed by atoms with E-state index in [1.807, 2.05) is 0 Å². The van der Waals surface area contributed by atoms with Crippen LogP contribution in [0.15, 0.2) is 24.4 Å². The highest BCUT2D eigenvalue weighted by Crippen LogP contribution is 2.20. The fourth-order valence-electron chi connectivity index (χ4n) is 2.47. The zero-order valence-electron chi connectivity index (χ0n) is 11.7. The van der Waals surface area contributed by atoms with Gasteiger partial charge in [-0.2, -0.15) is 0 Å². The predicted molar refractivity (Wildman–Crippen MR) is 73.8 cm³/mol. The number of hydrogen-bond donors (Lipinski definition) is 1. The first kappa shape index (κ1) is 14.5. The van der Waals surface area contributed by atoms with Crippen LogP contribution in [0.3, 0.4) is 0 Å². The summed E-state index contributed by atoms with van der Waals surface area (Å²) in [5.74, 6) is -0.773. The second-order valence-corrected chi connectivity index (χ2v) is 5.09. The summed E-state index contributed by atoms with van der Waals surface area (Å²) in [5.41, 5.74) is 0.455. The maximum absolute atomic E-state index is 12.3. The Morgan fingerprint density at radius 1 is 1.30 bits per heavy atom. The van der Waals surface area contributed by atoms with Crippen LogP contribution in [0.25, 0.3) is 0 Å². The third kappa shape index (κ3) is 4.05. The summed E-state index contributed by atoms with van der Waals surface area (Å²) >= 11 is 0. The summed E-state index contributed by atoms with van der Waals surface area (Å²) in [5, 5.41) is 2.97. The van der Waals surface area contributed by atoms with Gasteiger partial charge in [0.1, 0.15) is 0 Å². The average Bonchev–Trinajstić information content (AvgIpc) is 2.46. The Morgan fingerprint density at radius 2 is 2.05 bits per heavy atom. The van der Waals surface area contributed by atoms with Crippen molar-refractivity contribution in [3.8, 4) is 0 Å². The van der Waals surface area contributed by atoms with E-state index in [1.165, 1.54) is 13.3 Å². The molecule has 0 aliphatic heterocycles. The second-order valence-electron chi connectivity index (χ2n) is 5.09. The molecule has 2 rings (SSSR count). The highest BCUT2D eigenvalue weighted by molar-refractivity contribution is 5.84. The number of esters is 1. The number of ether oxygens (including phenoxy) is 1. The predicted octanol–water partition coefficient (Wildman–Crippen LogP) is 2.13. The van der Waals surface area contributed by atoms with E-state index in [-0.39, 0.29) is 11.9 Å². The summed E-state index contributed by atoms with van der Waals surface area (Å²) < 4.78 is 5.13. The molecule has 1 amide bonds. The summed E-state index contributed by atoms with van der Waals surface area (Å²) in [6.07, 6.45) is 6.08. The van der Waals surface area contributed by atoms with Crippen LogP contribution in [0.1, 0.15) is 50.8 Å². The van der Waals surface area contributed by atoms with Crippen LogP contribution in [0.4, 0.5) is 0 Å². The maximum Gasteiger partial charge on any atom is 0.303 e. The van der Waals surface area contributed by atoms with Gasteiger partial charge in [-0.05, 0) is 25.0 Å². The van der Waals surface area contributed by atoms with Crippen molar-refractivity contribution < 1.29 is 14.3 Å². The largest absolute Gasteiger partial charge is 0.446 e. The standard InChI is InChI=1S/C15H20N2O3/c1-11(18)20-14(13-9-5-6-10-16-13)15(19)17-12-7-3-2-4-8-12/h5-6,9-10,12,14H,2-4,7-8H2,1H3,(H,17,19). The van der Waals surface area contributed by atoms with Gasteiger partial charge in [0.2, 0.25) is 6.10 Å². The molecule has 1 N–H and O–H groups in total. The molecule has 1 aromatic rings. The lowest BCUT2D eigenvalue weighted by Crippen LogP contribution is -2.40. The molecule has 1 saturated carbocycles. The van der Waals surface area contributed by atoms with Gasteiger partial charge in [0, 0.05) is 19.2 Å². The first-order valence-electron chi connectivity index (χ1n) is 7.05. The van der Waals surface area contributed by atoms with Crippen LogP contribution in [0, 0.1) is 0 Å². The van der Waals surface area contributed by atoms with Crippen molar-refractivity contribution in [3.05, 3.63) is 30.1 Å². The number of hydrogen-bond acceptors (Lipinski definition) is 4. The topological polar surface area (TPSA) is 68.3 Å². The van der Waals surface area contributed by atoms with Gasteiger partial charge < -0.3 is 10.1 Å². The molecule has 1 fully saturated rings. The molecule has 0 spiro atoms. The van der Waals surface area contributed by atoms with Crippen LogP contribution in [0.2, 0.25) is 0 Å². The number of nitrogens with zero attached hydrogens (tertiary/aromatic N) is 1. The molecule has 20 heavy (non-hydrogen) atoms. The van der Waals surface area contributed by atoms with E-state index in [9.17, 15) is 9.59 Å². The van der Waals surface area contributed by atoms with E-state index in [4.69, 9.17) is 4.74 Å². The molecule has 0 bridgehead atoms. The molecule has 1 aromatic heterocycles. The third-order valence-corrected chi connectivity index (χ3v) is 3.43. The fourth-order valence-corrected chi connectivity index (χ4v) is 2.47. The van der Waals surface area contributed by atoms with Crippen molar-refractivity contribution in [1.82, 2.24) is 10.3 Å².